The quantitative estimate of drug-likeness (QED) is 0.0369. The summed E-state index contributed by atoms with van der Waals surface area (Å²) < 4.78 is 189. The average molecular weight is 1120 g/mol. The molecular weight excluding hydrogens is 1080 g/mol. The van der Waals surface area contributed by atoms with Gasteiger partial charge in [-0.15, -0.1) is 30.7 Å². The number of phenols is 1. The maximum absolute atomic E-state index is 13.5. The molecule has 0 saturated carbocycles. The first-order valence-corrected chi connectivity index (χ1v) is 27.0. The Labute approximate surface area is 411 Å². The third-order valence-electron chi connectivity index (χ3n) is 9.63. The average Bonchev–Trinajstić information content (AvgIpc) is 3.59. The molecule has 9 N–H and O–H groups in total. The molecule has 35 heteroatoms. The number of aliphatic hydroxyl groups excluding tert-OH is 2. The Balaban J connectivity index is 1.50. The van der Waals surface area contributed by atoms with Crippen LogP contribution < -0.4 is 19.8 Å². The normalized spacial score (nSPS) is 12.9. The summed E-state index contributed by atoms with van der Waals surface area (Å²) >= 11 is 0. The highest BCUT2D eigenvalue weighted by molar-refractivity contribution is 7.87. The molecule has 0 aliphatic carbocycles. The number of benzene rings is 5. The summed E-state index contributed by atoms with van der Waals surface area (Å²) in [4.78, 5) is 9.77. The van der Waals surface area contributed by atoms with Gasteiger partial charge in [-0.3, -0.25) is 32.7 Å². The monoisotopic (exact) mass is 1120 g/mol. The van der Waals surface area contributed by atoms with Crippen molar-refractivity contribution in [3.8, 4) is 28.7 Å². The third-order valence-corrected chi connectivity index (χ3v) is 14.0. The van der Waals surface area contributed by atoms with Gasteiger partial charge in [0.25, 0.3) is 56.1 Å². The van der Waals surface area contributed by atoms with E-state index < -0.39 is 141 Å². The number of nitrogens with zero attached hydrogens (tertiary/aromatic N) is 7. The maximum Gasteiger partial charge on any atom is 0.299 e. The van der Waals surface area contributed by atoms with Crippen molar-refractivity contribution in [3.63, 3.8) is 0 Å². The lowest BCUT2D eigenvalue weighted by Gasteiger charge is -2.14. The van der Waals surface area contributed by atoms with E-state index in [1.165, 1.54) is 20.1 Å². The van der Waals surface area contributed by atoms with E-state index in [2.05, 4.69) is 35.8 Å². The predicted octanol–water partition coefficient (Wildman–Crippen LogP) is 4.70. The zero-order valence-corrected chi connectivity index (χ0v) is 40.9. The summed E-state index contributed by atoms with van der Waals surface area (Å²) in [7, 11) is -24.3. The van der Waals surface area contributed by atoms with Crippen LogP contribution in [0.15, 0.2) is 122 Å². The van der Waals surface area contributed by atoms with Crippen molar-refractivity contribution >= 4 is 95.5 Å². The lowest BCUT2D eigenvalue weighted by atomic mass is 10.1. The van der Waals surface area contributed by atoms with Gasteiger partial charge in [-0.2, -0.15) is 42.1 Å². The molecule has 0 atom stereocenters. The van der Waals surface area contributed by atoms with Crippen molar-refractivity contribution in [1.82, 2.24) is 9.78 Å². The molecule has 0 aliphatic rings. The summed E-state index contributed by atoms with van der Waals surface area (Å²) in [5, 5.41) is 54.6. The number of azo groups is 3. The van der Waals surface area contributed by atoms with Gasteiger partial charge in [0.1, 0.15) is 79.3 Å². The number of fused-ring (bicyclic) bond motifs is 1. The summed E-state index contributed by atoms with van der Waals surface area (Å²) in [6.07, 6.45) is 0. The number of hydrogen-bond donors (Lipinski definition) is 9. The minimum atomic E-state index is -5.60. The zero-order chi connectivity index (χ0) is 54.0. The summed E-state index contributed by atoms with van der Waals surface area (Å²) in [6, 6.07) is 10.2. The van der Waals surface area contributed by atoms with Crippen molar-refractivity contribution in [2.45, 2.75) is 32.3 Å². The van der Waals surface area contributed by atoms with E-state index in [0.29, 0.717) is 10.7 Å². The fourth-order valence-electron chi connectivity index (χ4n) is 6.56. The number of methoxy groups -OCH3 is 1. The van der Waals surface area contributed by atoms with E-state index in [1.54, 1.807) is 0 Å². The van der Waals surface area contributed by atoms with Gasteiger partial charge < -0.3 is 29.5 Å². The molecule has 0 saturated heterocycles. The molecule has 5 aromatic carbocycles. The maximum atomic E-state index is 13.5. The molecular formula is C38H36N8O22S5. The molecule has 30 nitrogen and oxygen atoms in total. The number of H-pyrrole nitrogens is 1. The van der Waals surface area contributed by atoms with Gasteiger partial charge in [-0.05, 0) is 61.0 Å². The van der Waals surface area contributed by atoms with Gasteiger partial charge in [0, 0.05) is 29.0 Å². The summed E-state index contributed by atoms with van der Waals surface area (Å²) in [5.41, 5.74) is -5.57. The van der Waals surface area contributed by atoms with Crippen LogP contribution in [0.25, 0.3) is 16.5 Å². The van der Waals surface area contributed by atoms with Crippen molar-refractivity contribution in [3.05, 3.63) is 88.3 Å². The van der Waals surface area contributed by atoms with Gasteiger partial charge in [0.05, 0.1) is 36.6 Å². The molecule has 0 fully saturated rings. The largest absolute Gasteiger partial charge is 0.505 e. The van der Waals surface area contributed by atoms with Crippen molar-refractivity contribution < 1.29 is 94.4 Å². The standard InChI is InChI=1S/C38H36N8O22S5/c1-19-13-25(29(66-2)17-32(19)71(57,58)59)40-41-26-15-31(68-12-10-48)27(16-30(26)67-11-9-47)42-44-35-33(72(60,61)62)14-23-22(36(35)49)7-8-24(37(23)73(63,64)65)39-43-34-28(18-69(51,52)53)45-46(38(34)50)20-3-5-21(6-4-20)70(54,55)56/h3-8,13-17,45,47-49H,9-12,18H2,1-2H3,(H,51,52,53)(H,54,55,56)(H,57,58,59)(H,60,61,62)(H,63,64,65). The fraction of sp³-hybridized carbons (Fsp3) is 0.184. The van der Waals surface area contributed by atoms with Crippen LogP contribution in [0.4, 0.5) is 34.1 Å². The number of aromatic amines is 1. The number of rotatable bonds is 20. The minimum absolute atomic E-state index is 0.0438. The Kier molecular flexibility index (Phi) is 16.0. The molecule has 0 unspecified atom stereocenters. The molecule has 0 aliphatic heterocycles. The zero-order valence-electron chi connectivity index (χ0n) is 36.9. The van der Waals surface area contributed by atoms with Gasteiger partial charge in [-0.1, -0.05) is 0 Å². The molecule has 0 radical (unpaired) electrons. The van der Waals surface area contributed by atoms with E-state index in [0.717, 1.165) is 54.6 Å². The highest BCUT2D eigenvalue weighted by atomic mass is 32.2. The first-order chi connectivity index (χ1) is 34.0. The van der Waals surface area contributed by atoms with Crippen LogP contribution in [0, 0.1) is 6.92 Å². The fourth-order valence-corrected chi connectivity index (χ4v) is 9.80. The van der Waals surface area contributed by atoms with E-state index in [4.69, 9.17) is 14.2 Å². The molecule has 6 aromatic rings. The number of aryl methyl sites for hydroxylation is 1. The van der Waals surface area contributed by atoms with Crippen molar-refractivity contribution in [2.24, 2.45) is 30.7 Å². The van der Waals surface area contributed by atoms with Crippen LogP contribution in [0.2, 0.25) is 0 Å². The second-order valence-corrected chi connectivity index (χ2v) is 21.6. The summed E-state index contributed by atoms with van der Waals surface area (Å²) in [6.45, 7) is -0.610. The minimum Gasteiger partial charge on any atom is -0.505 e. The second-order valence-electron chi connectivity index (χ2n) is 14.6. The first-order valence-electron chi connectivity index (χ1n) is 19.7. The lowest BCUT2D eigenvalue weighted by Crippen LogP contribution is -2.14. The number of hydrogen-bond acceptors (Lipinski definition) is 23. The molecule has 0 bridgehead atoms. The number of nitrogens with one attached hydrogen (secondary N) is 1. The van der Waals surface area contributed by atoms with Gasteiger partial charge >= 0.3 is 0 Å². The molecule has 1 heterocycles. The number of phenolic OH excluding ortho intramolecular Hbond substituents is 1. The van der Waals surface area contributed by atoms with Gasteiger partial charge in [0.2, 0.25) is 0 Å². The van der Waals surface area contributed by atoms with Crippen molar-refractivity contribution in [2.75, 3.05) is 33.5 Å². The predicted molar refractivity (Wildman–Crippen MR) is 248 cm³/mol. The van der Waals surface area contributed by atoms with Crippen LogP contribution in [0.1, 0.15) is 11.3 Å². The molecule has 0 spiro atoms. The first kappa shape index (κ1) is 55.2. The summed E-state index contributed by atoms with van der Waals surface area (Å²) in [5.74, 6) is -3.23. The lowest BCUT2D eigenvalue weighted by molar-refractivity contribution is 0.198. The Bertz CT molecular complexity index is 3920. The second kappa shape index (κ2) is 21.1. The smallest absolute Gasteiger partial charge is 0.299 e. The molecule has 390 valence electrons. The van der Waals surface area contributed by atoms with E-state index >= 15 is 0 Å². The Morgan fingerprint density at radius 3 is 1.59 bits per heavy atom. The topological polar surface area (TPSA) is 472 Å². The van der Waals surface area contributed by atoms with Crippen LogP contribution >= 0.6 is 0 Å². The van der Waals surface area contributed by atoms with Crippen LogP contribution in [-0.4, -0.2) is 123 Å². The van der Waals surface area contributed by atoms with E-state index in [9.17, 15) is 85.0 Å². The van der Waals surface area contributed by atoms with Crippen LogP contribution in [0.5, 0.6) is 23.0 Å². The Morgan fingerprint density at radius 2 is 1.10 bits per heavy atom. The molecule has 0 amide bonds. The van der Waals surface area contributed by atoms with Crippen LogP contribution in [0.3, 0.4) is 0 Å². The SMILES string of the molecule is COc1cc(S(=O)(=O)O)c(C)cc1N=Nc1cc(OCCO)c(N=Nc2c(S(=O)(=O)O)cc3c(S(=O)(=O)O)c(N=Nc4c(CS(=O)(=O)O)[nH]n(-c5ccc(S(=O)(=O)O)cc5)c4=O)ccc3c2O)cc1OCCO. The molecule has 1 aromatic heterocycles. The Hall–Kier alpha value is -7.16. The Morgan fingerprint density at radius 1 is 0.575 bits per heavy atom. The van der Waals surface area contributed by atoms with Crippen molar-refractivity contribution in [1.29, 1.82) is 0 Å². The number of aliphatic hydroxyl groups is 2. The van der Waals surface area contributed by atoms with Gasteiger partial charge in [0.15, 0.2) is 11.4 Å². The highest BCUT2D eigenvalue weighted by Gasteiger charge is 2.29. The number of aromatic hydroxyl groups is 1. The third kappa shape index (κ3) is 12.7. The number of aromatic nitrogens is 2. The number of ether oxygens (including phenoxy) is 3. The highest BCUT2D eigenvalue weighted by Crippen LogP contribution is 2.47. The molecule has 73 heavy (non-hydrogen) atoms. The van der Waals surface area contributed by atoms with E-state index in [-0.39, 0.29) is 52.2 Å². The van der Waals surface area contributed by atoms with Crippen LogP contribution in [-0.2, 0) is 56.3 Å². The van der Waals surface area contributed by atoms with Gasteiger partial charge in [-0.25, -0.2) is 4.68 Å². The van der Waals surface area contributed by atoms with E-state index in [1.807, 2.05) is 0 Å². The molecule has 6 rings (SSSR count).